The highest BCUT2D eigenvalue weighted by Crippen LogP contribution is 2.29. The summed E-state index contributed by atoms with van der Waals surface area (Å²) in [5.41, 5.74) is 2.74. The molecule has 4 heterocycles. The Morgan fingerprint density at radius 2 is 1.74 bits per heavy atom. The molecule has 4 aromatic rings. The first kappa shape index (κ1) is 19.2. The smallest absolute Gasteiger partial charge is 0.275 e. The number of fused-ring (bicyclic) bond motifs is 1. The lowest BCUT2D eigenvalue weighted by Crippen LogP contribution is -2.44. The van der Waals surface area contributed by atoms with Crippen molar-refractivity contribution in [1.29, 1.82) is 0 Å². The summed E-state index contributed by atoms with van der Waals surface area (Å²) in [6.07, 6.45) is 3.34. The molecular formula is C23H23N7O. The van der Waals surface area contributed by atoms with Gasteiger partial charge in [-0.15, -0.1) is 0 Å². The largest absolute Gasteiger partial charge is 0.354 e. The van der Waals surface area contributed by atoms with Crippen LogP contribution in [0.15, 0.2) is 67.1 Å². The molecule has 0 saturated carbocycles. The Kier molecular flexibility index (Phi) is 5.05. The van der Waals surface area contributed by atoms with Crippen LogP contribution in [0.1, 0.15) is 10.5 Å². The van der Waals surface area contributed by atoms with Crippen LogP contribution >= 0.6 is 0 Å². The third-order valence-corrected chi connectivity index (χ3v) is 5.52. The zero-order chi connectivity index (χ0) is 21.2. The van der Waals surface area contributed by atoms with E-state index in [1.54, 1.807) is 6.07 Å². The molecular weight excluding hydrogens is 390 g/mol. The van der Waals surface area contributed by atoms with Gasteiger partial charge < -0.3 is 15.1 Å². The van der Waals surface area contributed by atoms with E-state index in [1.165, 1.54) is 6.33 Å². The molecule has 8 heteroatoms. The highest BCUT2D eigenvalue weighted by Gasteiger charge is 2.20. The molecule has 0 unspecified atom stereocenters. The molecule has 1 amide bonds. The van der Waals surface area contributed by atoms with Crippen molar-refractivity contribution in [2.45, 2.75) is 0 Å². The van der Waals surface area contributed by atoms with Gasteiger partial charge in [-0.2, -0.15) is 0 Å². The first-order valence-electron chi connectivity index (χ1n) is 10.3. The first-order chi connectivity index (χ1) is 15.2. The van der Waals surface area contributed by atoms with Gasteiger partial charge in [-0.05, 0) is 19.2 Å². The minimum atomic E-state index is -0.291. The molecule has 1 aliphatic heterocycles. The van der Waals surface area contributed by atoms with Crippen LogP contribution in [-0.2, 0) is 0 Å². The number of rotatable bonds is 4. The Labute approximate surface area is 180 Å². The van der Waals surface area contributed by atoms with Crippen molar-refractivity contribution >= 4 is 23.2 Å². The maximum absolute atomic E-state index is 13.2. The van der Waals surface area contributed by atoms with E-state index in [4.69, 9.17) is 4.98 Å². The molecule has 1 aromatic carbocycles. The van der Waals surface area contributed by atoms with E-state index in [2.05, 4.69) is 32.1 Å². The van der Waals surface area contributed by atoms with Crippen molar-refractivity contribution in [1.82, 2.24) is 24.3 Å². The number of likely N-dealkylation sites (N-methyl/N-ethyl adjacent to an activating group) is 1. The minimum absolute atomic E-state index is 0.291. The van der Waals surface area contributed by atoms with Crippen LogP contribution in [0.4, 0.5) is 11.6 Å². The van der Waals surface area contributed by atoms with Crippen LogP contribution in [0, 0.1) is 0 Å². The summed E-state index contributed by atoms with van der Waals surface area (Å²) >= 11 is 0. The van der Waals surface area contributed by atoms with Gasteiger partial charge in [0.25, 0.3) is 5.91 Å². The number of aromatic nitrogens is 4. The number of imidazole rings is 1. The number of nitrogens with zero attached hydrogens (tertiary/aromatic N) is 6. The highest BCUT2D eigenvalue weighted by molar-refractivity contribution is 6.04. The van der Waals surface area contributed by atoms with Gasteiger partial charge in [0.15, 0.2) is 0 Å². The number of piperazine rings is 1. The summed E-state index contributed by atoms with van der Waals surface area (Å²) in [5, 5.41) is 3.03. The van der Waals surface area contributed by atoms with E-state index in [0.717, 1.165) is 43.2 Å². The van der Waals surface area contributed by atoms with Gasteiger partial charge in [0.1, 0.15) is 35.0 Å². The Balaban J connectivity index is 1.47. The first-order valence-corrected chi connectivity index (χ1v) is 10.3. The summed E-state index contributed by atoms with van der Waals surface area (Å²) in [4.78, 5) is 31.0. The molecule has 0 aliphatic carbocycles. The number of nitrogens with one attached hydrogen (secondary N) is 1. The van der Waals surface area contributed by atoms with Gasteiger partial charge in [-0.3, -0.25) is 9.20 Å². The van der Waals surface area contributed by atoms with Crippen LogP contribution in [0.25, 0.3) is 16.9 Å². The molecule has 1 fully saturated rings. The summed E-state index contributed by atoms with van der Waals surface area (Å²) in [7, 11) is 2.11. The fourth-order valence-corrected chi connectivity index (χ4v) is 3.76. The molecule has 5 rings (SSSR count). The quantitative estimate of drug-likeness (QED) is 0.554. The highest BCUT2D eigenvalue weighted by atomic mass is 16.2. The van der Waals surface area contributed by atoms with E-state index in [9.17, 15) is 4.79 Å². The Hall–Kier alpha value is -3.78. The topological polar surface area (TPSA) is 78.7 Å². The number of amides is 1. The Morgan fingerprint density at radius 3 is 2.55 bits per heavy atom. The van der Waals surface area contributed by atoms with Crippen molar-refractivity contribution in [2.75, 3.05) is 43.4 Å². The van der Waals surface area contributed by atoms with Gasteiger partial charge in [0.05, 0.1) is 0 Å². The molecule has 0 bridgehead atoms. The molecule has 0 radical (unpaired) electrons. The second-order valence-electron chi connectivity index (χ2n) is 7.61. The number of hydrogen-bond acceptors (Lipinski definition) is 6. The lowest BCUT2D eigenvalue weighted by Gasteiger charge is -2.33. The van der Waals surface area contributed by atoms with E-state index in [0.29, 0.717) is 17.2 Å². The average molecular weight is 413 g/mol. The van der Waals surface area contributed by atoms with Crippen molar-refractivity contribution in [3.8, 4) is 11.3 Å². The van der Waals surface area contributed by atoms with Gasteiger partial charge >= 0.3 is 0 Å². The number of anilines is 2. The average Bonchev–Trinajstić information content (AvgIpc) is 3.18. The molecule has 8 nitrogen and oxygen atoms in total. The third kappa shape index (κ3) is 3.85. The molecule has 0 spiro atoms. The van der Waals surface area contributed by atoms with Crippen molar-refractivity contribution in [3.63, 3.8) is 0 Å². The lowest BCUT2D eigenvalue weighted by atomic mass is 10.1. The van der Waals surface area contributed by atoms with Crippen molar-refractivity contribution < 1.29 is 4.79 Å². The lowest BCUT2D eigenvalue weighted by molar-refractivity contribution is 0.102. The molecule has 0 atom stereocenters. The monoisotopic (exact) mass is 413 g/mol. The summed E-state index contributed by atoms with van der Waals surface area (Å²) in [5.74, 6) is 1.10. The summed E-state index contributed by atoms with van der Waals surface area (Å²) in [6.45, 7) is 3.68. The second-order valence-corrected chi connectivity index (χ2v) is 7.61. The predicted molar refractivity (Wildman–Crippen MR) is 120 cm³/mol. The van der Waals surface area contributed by atoms with Crippen molar-refractivity contribution in [3.05, 3.63) is 72.8 Å². The zero-order valence-corrected chi connectivity index (χ0v) is 17.3. The number of pyridine rings is 1. The number of carbonyl (C=O) groups excluding carboxylic acids is 1. The van der Waals surface area contributed by atoms with E-state index in [1.807, 2.05) is 59.1 Å². The Bertz CT molecular complexity index is 1210. The van der Waals surface area contributed by atoms with E-state index < -0.39 is 0 Å². The molecule has 1 N–H and O–H groups in total. The van der Waals surface area contributed by atoms with E-state index >= 15 is 0 Å². The standard InChI is InChI=1S/C23H23N7O/c1-28-11-13-29(14-12-28)20-15-18(24-16-25-20)23(31)27-22-21(17-7-3-2-4-8-17)26-19-9-5-6-10-30(19)22/h2-10,15-16H,11-14H2,1H3,(H,27,31). The number of carbonyl (C=O) groups is 1. The van der Waals surface area contributed by atoms with Gasteiger partial charge in [-0.25, -0.2) is 15.0 Å². The number of hydrogen-bond donors (Lipinski definition) is 1. The Morgan fingerprint density at radius 1 is 0.968 bits per heavy atom. The summed E-state index contributed by atoms with van der Waals surface area (Å²) < 4.78 is 1.88. The van der Waals surface area contributed by atoms with Crippen LogP contribution in [0.2, 0.25) is 0 Å². The van der Waals surface area contributed by atoms with Gasteiger partial charge in [0.2, 0.25) is 0 Å². The van der Waals surface area contributed by atoms with Crippen molar-refractivity contribution in [2.24, 2.45) is 0 Å². The van der Waals surface area contributed by atoms with Crippen LogP contribution in [-0.4, -0.2) is 63.4 Å². The van der Waals surface area contributed by atoms with Crippen LogP contribution < -0.4 is 10.2 Å². The van der Waals surface area contributed by atoms with Gasteiger partial charge in [0, 0.05) is 44.0 Å². The maximum Gasteiger partial charge on any atom is 0.275 e. The molecule has 31 heavy (non-hydrogen) atoms. The van der Waals surface area contributed by atoms with Crippen LogP contribution in [0.3, 0.4) is 0 Å². The fourth-order valence-electron chi connectivity index (χ4n) is 3.76. The molecule has 3 aromatic heterocycles. The molecule has 1 saturated heterocycles. The predicted octanol–water partition coefficient (Wildman–Crippen LogP) is 2.80. The zero-order valence-electron chi connectivity index (χ0n) is 17.3. The third-order valence-electron chi connectivity index (χ3n) is 5.52. The molecule has 156 valence electrons. The minimum Gasteiger partial charge on any atom is -0.354 e. The van der Waals surface area contributed by atoms with Gasteiger partial charge in [-0.1, -0.05) is 36.4 Å². The SMILES string of the molecule is CN1CCN(c2cc(C(=O)Nc3c(-c4ccccc4)nc4ccccn34)ncn2)CC1. The number of benzene rings is 1. The van der Waals surface area contributed by atoms with E-state index in [-0.39, 0.29) is 5.91 Å². The fraction of sp³-hybridized carbons (Fsp3) is 0.217. The van der Waals surface area contributed by atoms with Crippen LogP contribution in [0.5, 0.6) is 0 Å². The maximum atomic E-state index is 13.2. The summed E-state index contributed by atoms with van der Waals surface area (Å²) in [6, 6.07) is 17.3. The molecule has 1 aliphatic rings. The second kappa shape index (κ2) is 8.16. The normalized spacial score (nSPS) is 14.7.